The lowest BCUT2D eigenvalue weighted by molar-refractivity contribution is -0.136. The molecule has 6 heteroatoms. The minimum Gasteiger partial charge on any atom is -0.481 e. The number of carbonyl (C=O) groups is 1. The number of aliphatic carboxylic acids is 1. The van der Waals surface area contributed by atoms with Gasteiger partial charge in [0.05, 0.1) is 11.3 Å². The van der Waals surface area contributed by atoms with Crippen LogP contribution in [0, 0.1) is 0 Å². The molecule has 0 fully saturated rings. The van der Waals surface area contributed by atoms with Crippen molar-refractivity contribution in [3.63, 3.8) is 0 Å². The van der Waals surface area contributed by atoms with Gasteiger partial charge in [-0.15, -0.1) is 21.5 Å². The standard InChI is InChI=1S/C15H13N3O2S/c19-13(20)7-8-16-15-11-5-2-1-4-10(11)14(17-18-15)12-6-3-9-21-12/h1-6,9H,7-8H2,(H,16,18)(H,19,20). The van der Waals surface area contributed by atoms with Crippen molar-refractivity contribution in [3.05, 3.63) is 41.8 Å². The van der Waals surface area contributed by atoms with Crippen LogP contribution in [0.4, 0.5) is 5.82 Å². The molecule has 2 heterocycles. The summed E-state index contributed by atoms with van der Waals surface area (Å²) in [6.07, 6.45) is 0.0443. The molecule has 0 unspecified atom stereocenters. The van der Waals surface area contributed by atoms with E-state index in [1.807, 2.05) is 41.8 Å². The van der Waals surface area contributed by atoms with E-state index in [1.54, 1.807) is 11.3 Å². The van der Waals surface area contributed by atoms with Crippen molar-refractivity contribution in [1.29, 1.82) is 0 Å². The molecule has 2 N–H and O–H groups in total. The van der Waals surface area contributed by atoms with Gasteiger partial charge in [-0.05, 0) is 11.4 Å². The third kappa shape index (κ3) is 2.85. The van der Waals surface area contributed by atoms with Crippen LogP contribution in [-0.2, 0) is 4.79 Å². The molecule has 0 aliphatic carbocycles. The number of rotatable bonds is 5. The minimum absolute atomic E-state index is 0.0443. The molecule has 3 aromatic rings. The molecule has 5 nitrogen and oxygen atoms in total. The van der Waals surface area contributed by atoms with Crippen LogP contribution in [0.2, 0.25) is 0 Å². The first-order chi connectivity index (χ1) is 10.3. The van der Waals surface area contributed by atoms with E-state index in [0.29, 0.717) is 12.4 Å². The van der Waals surface area contributed by atoms with Gasteiger partial charge in [0.1, 0.15) is 5.69 Å². The highest BCUT2D eigenvalue weighted by atomic mass is 32.1. The van der Waals surface area contributed by atoms with Crippen LogP contribution in [0.25, 0.3) is 21.3 Å². The smallest absolute Gasteiger partial charge is 0.305 e. The summed E-state index contributed by atoms with van der Waals surface area (Å²) in [7, 11) is 0. The van der Waals surface area contributed by atoms with E-state index in [0.717, 1.165) is 21.3 Å². The molecular formula is C15H13N3O2S. The SMILES string of the molecule is O=C(O)CCNc1nnc(-c2cccs2)c2ccccc12. The molecule has 0 radical (unpaired) electrons. The Balaban J connectivity index is 2.01. The summed E-state index contributed by atoms with van der Waals surface area (Å²) < 4.78 is 0. The number of carboxylic acid groups (broad SMARTS) is 1. The van der Waals surface area contributed by atoms with Crippen LogP contribution >= 0.6 is 11.3 Å². The second-order valence-electron chi connectivity index (χ2n) is 4.49. The van der Waals surface area contributed by atoms with Crippen LogP contribution in [0.1, 0.15) is 6.42 Å². The highest BCUT2D eigenvalue weighted by Gasteiger charge is 2.11. The molecule has 0 spiro atoms. The number of thiophene rings is 1. The maximum atomic E-state index is 10.6. The predicted octanol–water partition coefficient (Wildman–Crippen LogP) is 3.24. The Morgan fingerprint density at radius 2 is 1.95 bits per heavy atom. The summed E-state index contributed by atoms with van der Waals surface area (Å²) >= 11 is 1.62. The van der Waals surface area contributed by atoms with Crippen LogP contribution in [0.5, 0.6) is 0 Å². The zero-order chi connectivity index (χ0) is 14.7. The zero-order valence-electron chi connectivity index (χ0n) is 11.1. The number of fused-ring (bicyclic) bond motifs is 1. The van der Waals surface area contributed by atoms with Gasteiger partial charge in [-0.2, -0.15) is 0 Å². The summed E-state index contributed by atoms with van der Waals surface area (Å²) in [6, 6.07) is 11.9. The number of hydrogen-bond acceptors (Lipinski definition) is 5. The summed E-state index contributed by atoms with van der Waals surface area (Å²) in [6.45, 7) is 0.326. The lowest BCUT2D eigenvalue weighted by Crippen LogP contribution is -2.09. The minimum atomic E-state index is -0.838. The predicted molar refractivity (Wildman–Crippen MR) is 83.6 cm³/mol. The Bertz CT molecular complexity index is 772. The topological polar surface area (TPSA) is 75.1 Å². The van der Waals surface area contributed by atoms with Crippen molar-refractivity contribution in [2.45, 2.75) is 6.42 Å². The molecule has 0 amide bonds. The van der Waals surface area contributed by atoms with Gasteiger partial charge in [0.25, 0.3) is 0 Å². The van der Waals surface area contributed by atoms with Gasteiger partial charge in [0, 0.05) is 17.3 Å². The third-order valence-corrected chi connectivity index (χ3v) is 3.95. The fraction of sp³-hybridized carbons (Fsp3) is 0.133. The highest BCUT2D eigenvalue weighted by Crippen LogP contribution is 2.31. The van der Waals surface area contributed by atoms with E-state index in [-0.39, 0.29) is 6.42 Å². The van der Waals surface area contributed by atoms with Crippen molar-refractivity contribution < 1.29 is 9.90 Å². The van der Waals surface area contributed by atoms with Crippen molar-refractivity contribution in [2.24, 2.45) is 0 Å². The molecule has 1 aromatic carbocycles. The average molecular weight is 299 g/mol. The van der Waals surface area contributed by atoms with Crippen molar-refractivity contribution in [2.75, 3.05) is 11.9 Å². The van der Waals surface area contributed by atoms with Crippen molar-refractivity contribution in [1.82, 2.24) is 10.2 Å². The fourth-order valence-corrected chi connectivity index (χ4v) is 2.84. The molecule has 2 aromatic heterocycles. The normalized spacial score (nSPS) is 10.7. The Morgan fingerprint density at radius 3 is 2.67 bits per heavy atom. The van der Waals surface area contributed by atoms with Gasteiger partial charge in [-0.1, -0.05) is 30.3 Å². The molecule has 0 bridgehead atoms. The number of carboxylic acids is 1. The van der Waals surface area contributed by atoms with Gasteiger partial charge in [0.2, 0.25) is 0 Å². The molecule has 0 saturated carbocycles. The van der Waals surface area contributed by atoms with Crippen molar-refractivity contribution in [3.8, 4) is 10.6 Å². The van der Waals surface area contributed by atoms with Gasteiger partial charge >= 0.3 is 5.97 Å². The monoisotopic (exact) mass is 299 g/mol. The molecule has 106 valence electrons. The van der Waals surface area contributed by atoms with Crippen LogP contribution in [-0.4, -0.2) is 27.8 Å². The molecule has 0 saturated heterocycles. The molecule has 0 atom stereocenters. The lowest BCUT2D eigenvalue weighted by Gasteiger charge is -2.09. The maximum Gasteiger partial charge on any atom is 0.305 e. The number of anilines is 1. The van der Waals surface area contributed by atoms with Crippen LogP contribution < -0.4 is 5.32 Å². The number of hydrogen-bond donors (Lipinski definition) is 2. The Morgan fingerprint density at radius 1 is 1.14 bits per heavy atom. The first-order valence-electron chi connectivity index (χ1n) is 6.50. The maximum absolute atomic E-state index is 10.6. The Hall–Kier alpha value is -2.47. The number of nitrogens with zero attached hydrogens (tertiary/aromatic N) is 2. The largest absolute Gasteiger partial charge is 0.481 e. The van der Waals surface area contributed by atoms with Gasteiger partial charge in [-0.3, -0.25) is 4.79 Å². The highest BCUT2D eigenvalue weighted by molar-refractivity contribution is 7.13. The van der Waals surface area contributed by atoms with Crippen LogP contribution in [0.15, 0.2) is 41.8 Å². The molecule has 0 aliphatic rings. The number of benzene rings is 1. The van der Waals surface area contributed by atoms with Gasteiger partial charge in [0.15, 0.2) is 5.82 Å². The molecule has 0 aliphatic heterocycles. The van der Waals surface area contributed by atoms with E-state index in [1.165, 1.54) is 0 Å². The van der Waals surface area contributed by atoms with Crippen molar-refractivity contribution >= 4 is 33.9 Å². The molecule has 3 rings (SSSR count). The van der Waals surface area contributed by atoms with E-state index in [4.69, 9.17) is 5.11 Å². The van der Waals surface area contributed by atoms with Gasteiger partial charge < -0.3 is 10.4 Å². The number of nitrogens with one attached hydrogen (secondary N) is 1. The fourth-order valence-electron chi connectivity index (χ4n) is 2.12. The summed E-state index contributed by atoms with van der Waals surface area (Å²) in [4.78, 5) is 11.7. The average Bonchev–Trinajstić information content (AvgIpc) is 3.01. The van der Waals surface area contributed by atoms with Crippen LogP contribution in [0.3, 0.4) is 0 Å². The second kappa shape index (κ2) is 5.88. The molecular weight excluding hydrogens is 286 g/mol. The summed E-state index contributed by atoms with van der Waals surface area (Å²) in [5.41, 5.74) is 0.851. The summed E-state index contributed by atoms with van der Waals surface area (Å²) in [5, 5.41) is 24.2. The second-order valence-corrected chi connectivity index (χ2v) is 5.44. The first-order valence-corrected chi connectivity index (χ1v) is 7.38. The summed E-state index contributed by atoms with van der Waals surface area (Å²) in [5.74, 6) is -0.220. The third-order valence-electron chi connectivity index (χ3n) is 3.07. The van der Waals surface area contributed by atoms with E-state index in [9.17, 15) is 4.79 Å². The number of aromatic nitrogens is 2. The quantitative estimate of drug-likeness (QED) is 0.756. The van der Waals surface area contributed by atoms with E-state index >= 15 is 0 Å². The Labute approximate surface area is 125 Å². The Kier molecular flexibility index (Phi) is 3.79. The van der Waals surface area contributed by atoms with E-state index < -0.39 is 5.97 Å². The first kappa shape index (κ1) is 13.5. The lowest BCUT2D eigenvalue weighted by atomic mass is 10.1. The zero-order valence-corrected chi connectivity index (χ0v) is 11.9. The van der Waals surface area contributed by atoms with Gasteiger partial charge in [-0.25, -0.2) is 0 Å². The van der Waals surface area contributed by atoms with E-state index in [2.05, 4.69) is 15.5 Å². The molecule has 21 heavy (non-hydrogen) atoms.